The van der Waals surface area contributed by atoms with Crippen LogP contribution in [0.25, 0.3) is 11.4 Å². The molecule has 0 N–H and O–H groups in total. The number of carbonyl (C=O) groups excluding carboxylic acids is 1. The van der Waals surface area contributed by atoms with E-state index in [0.717, 1.165) is 49.5 Å². The fourth-order valence-electron chi connectivity index (χ4n) is 4.65. The summed E-state index contributed by atoms with van der Waals surface area (Å²) in [6, 6.07) is 14.5. The molecule has 2 aliphatic heterocycles. The summed E-state index contributed by atoms with van der Waals surface area (Å²) in [6.07, 6.45) is 1.75. The van der Waals surface area contributed by atoms with Gasteiger partial charge in [0.1, 0.15) is 11.6 Å². The van der Waals surface area contributed by atoms with E-state index < -0.39 is 0 Å². The van der Waals surface area contributed by atoms with Gasteiger partial charge in [-0.15, -0.1) is 0 Å². The van der Waals surface area contributed by atoms with Gasteiger partial charge in [-0.25, -0.2) is 4.39 Å². The highest BCUT2D eigenvalue weighted by Crippen LogP contribution is 2.27. The van der Waals surface area contributed by atoms with E-state index in [2.05, 4.69) is 15.0 Å². The van der Waals surface area contributed by atoms with Gasteiger partial charge in [0.05, 0.1) is 13.0 Å². The summed E-state index contributed by atoms with van der Waals surface area (Å²) in [4.78, 5) is 24.0. The summed E-state index contributed by atoms with van der Waals surface area (Å²) in [7, 11) is 1.63. The highest BCUT2D eigenvalue weighted by Gasteiger charge is 2.32. The number of hydrogen-bond acceptors (Lipinski definition) is 7. The number of hydrogen-bond donors (Lipinski definition) is 0. The van der Waals surface area contributed by atoms with Crippen LogP contribution in [0.5, 0.6) is 5.75 Å². The Hall–Kier alpha value is -3.62. The second-order valence-electron chi connectivity index (χ2n) is 8.70. The largest absolute Gasteiger partial charge is 0.497 e. The third-order valence-corrected chi connectivity index (χ3v) is 6.59. The lowest BCUT2D eigenvalue weighted by molar-refractivity contribution is -0.136. The summed E-state index contributed by atoms with van der Waals surface area (Å²) < 4.78 is 23.9. The smallest absolute Gasteiger partial charge is 0.324 e. The molecule has 1 atom stereocenters. The molecule has 2 aliphatic rings. The second kappa shape index (κ2) is 9.70. The first-order valence-corrected chi connectivity index (χ1v) is 11.6. The number of piperazine rings is 1. The van der Waals surface area contributed by atoms with Crippen LogP contribution in [0.4, 0.5) is 16.1 Å². The first-order chi connectivity index (χ1) is 16.6. The predicted molar refractivity (Wildman–Crippen MR) is 126 cm³/mol. The molecule has 0 radical (unpaired) electrons. The van der Waals surface area contributed by atoms with Crippen LogP contribution in [-0.2, 0) is 4.79 Å². The van der Waals surface area contributed by atoms with Crippen molar-refractivity contribution in [3.05, 3.63) is 54.3 Å². The zero-order valence-electron chi connectivity index (χ0n) is 19.2. The number of rotatable bonds is 5. The minimum absolute atomic E-state index is 0.0949. The van der Waals surface area contributed by atoms with Gasteiger partial charge in [0, 0.05) is 50.5 Å². The molecule has 178 valence electrons. The Morgan fingerprint density at radius 1 is 1.00 bits per heavy atom. The van der Waals surface area contributed by atoms with E-state index in [-0.39, 0.29) is 17.6 Å². The highest BCUT2D eigenvalue weighted by atomic mass is 19.1. The summed E-state index contributed by atoms with van der Waals surface area (Å²) in [5.74, 6) is 1.13. The Labute approximate surface area is 197 Å². The van der Waals surface area contributed by atoms with Crippen LogP contribution in [0.1, 0.15) is 12.8 Å². The van der Waals surface area contributed by atoms with Crippen LogP contribution in [-0.4, -0.2) is 67.3 Å². The number of methoxy groups -OCH3 is 1. The van der Waals surface area contributed by atoms with Crippen molar-refractivity contribution in [1.29, 1.82) is 0 Å². The highest BCUT2D eigenvalue weighted by molar-refractivity contribution is 5.80. The Morgan fingerprint density at radius 3 is 2.44 bits per heavy atom. The van der Waals surface area contributed by atoms with Crippen LogP contribution in [0.15, 0.2) is 53.1 Å². The molecule has 1 aromatic heterocycles. The van der Waals surface area contributed by atoms with Gasteiger partial charge in [-0.1, -0.05) is 5.16 Å². The van der Waals surface area contributed by atoms with Crippen molar-refractivity contribution in [3.63, 3.8) is 0 Å². The number of nitrogens with zero attached hydrogens (tertiary/aromatic N) is 5. The van der Waals surface area contributed by atoms with Crippen LogP contribution < -0.4 is 14.5 Å². The monoisotopic (exact) mass is 465 g/mol. The molecular weight excluding hydrogens is 437 g/mol. The van der Waals surface area contributed by atoms with E-state index in [9.17, 15) is 9.18 Å². The van der Waals surface area contributed by atoms with Gasteiger partial charge < -0.3 is 24.0 Å². The van der Waals surface area contributed by atoms with Crippen LogP contribution in [0.2, 0.25) is 0 Å². The van der Waals surface area contributed by atoms with Crippen molar-refractivity contribution in [1.82, 2.24) is 15.0 Å². The fraction of sp³-hybridized carbons (Fsp3) is 0.400. The molecule has 3 heterocycles. The average molecular weight is 466 g/mol. The van der Waals surface area contributed by atoms with Crippen molar-refractivity contribution in [2.75, 3.05) is 56.2 Å². The van der Waals surface area contributed by atoms with E-state index in [1.54, 1.807) is 19.2 Å². The molecule has 2 saturated heterocycles. The molecule has 3 aromatic rings. The van der Waals surface area contributed by atoms with Gasteiger partial charge >= 0.3 is 6.01 Å². The molecular formula is C25H28FN5O3. The predicted octanol–water partition coefficient (Wildman–Crippen LogP) is 3.45. The molecule has 1 amide bonds. The Balaban J connectivity index is 1.19. The number of amides is 1. The third-order valence-electron chi connectivity index (χ3n) is 6.59. The normalized spacial score (nSPS) is 18.8. The maximum absolute atomic E-state index is 13.3. The molecule has 0 spiro atoms. The third kappa shape index (κ3) is 4.69. The minimum Gasteiger partial charge on any atom is -0.497 e. The number of ether oxygens (including phenoxy) is 1. The van der Waals surface area contributed by atoms with Crippen molar-refractivity contribution >= 4 is 17.6 Å². The molecule has 0 bridgehead atoms. The van der Waals surface area contributed by atoms with E-state index in [4.69, 9.17) is 9.26 Å². The molecule has 9 heteroatoms. The molecule has 0 aliphatic carbocycles. The summed E-state index contributed by atoms with van der Waals surface area (Å²) in [6.45, 7) is 4.16. The van der Waals surface area contributed by atoms with E-state index in [1.165, 1.54) is 12.1 Å². The van der Waals surface area contributed by atoms with Gasteiger partial charge in [0.25, 0.3) is 0 Å². The lowest BCUT2D eigenvalue weighted by atomic mass is 9.96. The molecule has 34 heavy (non-hydrogen) atoms. The number of benzene rings is 2. The van der Waals surface area contributed by atoms with Gasteiger partial charge in [-0.2, -0.15) is 4.98 Å². The maximum atomic E-state index is 13.3. The molecule has 2 aromatic carbocycles. The van der Waals surface area contributed by atoms with Crippen molar-refractivity contribution in [2.45, 2.75) is 12.8 Å². The molecule has 0 unspecified atom stereocenters. The van der Waals surface area contributed by atoms with Gasteiger partial charge in [0.2, 0.25) is 11.7 Å². The summed E-state index contributed by atoms with van der Waals surface area (Å²) in [5.41, 5.74) is 1.83. The van der Waals surface area contributed by atoms with Gasteiger partial charge in [0.15, 0.2) is 0 Å². The SMILES string of the molecule is COc1ccc(-c2noc(N3CCC[C@@H](C(=O)N4CCN(c5ccc(F)cc5)CC4)C3)n2)cc1. The molecule has 5 rings (SSSR count). The summed E-state index contributed by atoms with van der Waals surface area (Å²) in [5, 5.41) is 4.13. The van der Waals surface area contributed by atoms with E-state index >= 15 is 0 Å². The second-order valence-corrected chi connectivity index (χ2v) is 8.70. The van der Waals surface area contributed by atoms with Crippen molar-refractivity contribution < 1.29 is 18.4 Å². The fourth-order valence-corrected chi connectivity index (χ4v) is 4.65. The first kappa shape index (κ1) is 22.2. The Bertz CT molecular complexity index is 1110. The van der Waals surface area contributed by atoms with Crippen LogP contribution in [0.3, 0.4) is 0 Å². The molecule has 8 nitrogen and oxygen atoms in total. The minimum atomic E-state index is -0.239. The lowest BCUT2D eigenvalue weighted by Crippen LogP contribution is -2.52. The van der Waals surface area contributed by atoms with E-state index in [0.29, 0.717) is 31.5 Å². The van der Waals surface area contributed by atoms with Crippen molar-refractivity contribution in [2.24, 2.45) is 5.92 Å². The molecule has 2 fully saturated rings. The number of carbonyl (C=O) groups is 1. The van der Waals surface area contributed by atoms with Gasteiger partial charge in [-0.3, -0.25) is 4.79 Å². The van der Waals surface area contributed by atoms with E-state index in [1.807, 2.05) is 34.1 Å². The van der Waals surface area contributed by atoms with Crippen LogP contribution in [0, 0.1) is 11.7 Å². The standard InChI is InChI=1S/C25H28FN5O3/c1-33-22-10-4-18(5-11-22)23-27-25(34-28-23)31-12-2-3-19(17-31)24(32)30-15-13-29(14-16-30)21-8-6-20(26)7-9-21/h4-11,19H,2-3,12-17H2,1H3/t19-/m1/s1. The van der Waals surface area contributed by atoms with Gasteiger partial charge in [-0.05, 0) is 61.4 Å². The molecule has 0 saturated carbocycles. The van der Waals surface area contributed by atoms with Crippen molar-refractivity contribution in [3.8, 4) is 17.1 Å². The van der Waals surface area contributed by atoms with Crippen LogP contribution >= 0.6 is 0 Å². The first-order valence-electron chi connectivity index (χ1n) is 11.6. The summed E-state index contributed by atoms with van der Waals surface area (Å²) >= 11 is 0. The number of aromatic nitrogens is 2. The quantitative estimate of drug-likeness (QED) is 0.571. The maximum Gasteiger partial charge on any atom is 0.324 e. The number of piperidine rings is 1. The Morgan fingerprint density at radius 2 is 1.74 bits per heavy atom. The number of halogens is 1. The Kier molecular flexibility index (Phi) is 6.33. The lowest BCUT2D eigenvalue weighted by Gasteiger charge is -2.39. The average Bonchev–Trinajstić information content (AvgIpc) is 3.39. The zero-order chi connectivity index (χ0) is 23.5. The zero-order valence-corrected chi connectivity index (χ0v) is 19.2. The topological polar surface area (TPSA) is 74.9 Å². The number of anilines is 2.